The highest BCUT2D eigenvalue weighted by molar-refractivity contribution is 7.09. The lowest BCUT2D eigenvalue weighted by atomic mass is 10.1. The van der Waals surface area contributed by atoms with Crippen molar-refractivity contribution in [1.29, 1.82) is 0 Å². The Labute approximate surface area is 140 Å². The fourth-order valence-electron chi connectivity index (χ4n) is 2.76. The highest BCUT2D eigenvalue weighted by Gasteiger charge is 2.43. The Morgan fingerprint density at radius 3 is 3.00 bits per heavy atom. The van der Waals surface area contributed by atoms with Gasteiger partial charge in [-0.25, -0.2) is 4.98 Å². The van der Waals surface area contributed by atoms with E-state index in [2.05, 4.69) is 29.5 Å². The van der Waals surface area contributed by atoms with Crippen LogP contribution >= 0.6 is 11.3 Å². The Kier molecular flexibility index (Phi) is 4.66. The summed E-state index contributed by atoms with van der Waals surface area (Å²) in [5.41, 5.74) is 2.10. The molecule has 2 aromatic rings. The molecule has 1 fully saturated rings. The van der Waals surface area contributed by atoms with Crippen LogP contribution in [0.5, 0.6) is 5.75 Å². The first-order valence-corrected chi connectivity index (χ1v) is 8.93. The van der Waals surface area contributed by atoms with E-state index in [4.69, 9.17) is 0 Å². The number of aromatic hydroxyl groups is 1. The predicted octanol–water partition coefficient (Wildman–Crippen LogP) is 3.43. The average molecular weight is 330 g/mol. The summed E-state index contributed by atoms with van der Waals surface area (Å²) in [6, 6.07) is 7.20. The molecule has 0 aliphatic heterocycles. The van der Waals surface area contributed by atoms with E-state index in [0.717, 1.165) is 29.1 Å². The van der Waals surface area contributed by atoms with Crippen molar-refractivity contribution in [1.82, 2.24) is 10.3 Å². The molecule has 0 radical (unpaired) electrons. The third-order valence-corrected chi connectivity index (χ3v) is 5.36. The molecule has 23 heavy (non-hydrogen) atoms. The molecule has 0 spiro atoms. The lowest BCUT2D eigenvalue weighted by molar-refractivity contribution is -0.122. The number of hydrogen-bond acceptors (Lipinski definition) is 4. The van der Waals surface area contributed by atoms with Crippen molar-refractivity contribution in [3.63, 3.8) is 0 Å². The Morgan fingerprint density at radius 2 is 2.30 bits per heavy atom. The van der Waals surface area contributed by atoms with Gasteiger partial charge in [-0.05, 0) is 30.0 Å². The van der Waals surface area contributed by atoms with Crippen LogP contribution in [-0.2, 0) is 11.2 Å². The minimum absolute atomic E-state index is 0.0402. The first-order valence-electron chi connectivity index (χ1n) is 8.05. The highest BCUT2D eigenvalue weighted by Crippen LogP contribution is 2.48. The molecule has 1 aromatic heterocycles. The van der Waals surface area contributed by atoms with Crippen LogP contribution in [0.1, 0.15) is 48.4 Å². The second-order valence-corrected chi connectivity index (χ2v) is 7.31. The lowest BCUT2D eigenvalue weighted by Gasteiger charge is -2.04. The fraction of sp³-hybridized carbons (Fsp3) is 0.444. The number of benzene rings is 1. The summed E-state index contributed by atoms with van der Waals surface area (Å²) in [4.78, 5) is 16.8. The maximum Gasteiger partial charge on any atom is 0.223 e. The van der Waals surface area contributed by atoms with Crippen LogP contribution in [0.2, 0.25) is 0 Å². The highest BCUT2D eigenvalue weighted by atomic mass is 32.1. The number of phenolic OH excluding ortho intramolecular Hbond substituents is 1. The number of amides is 1. The number of nitrogens with one attached hydrogen (secondary N) is 1. The normalized spacial score (nSPS) is 19.8. The van der Waals surface area contributed by atoms with Crippen LogP contribution in [0.4, 0.5) is 0 Å². The van der Waals surface area contributed by atoms with Gasteiger partial charge in [-0.1, -0.05) is 26.0 Å². The molecule has 0 bridgehead atoms. The third-order valence-electron chi connectivity index (χ3n) is 4.17. The molecule has 2 atom stereocenters. The molecule has 122 valence electrons. The molecule has 3 rings (SSSR count). The van der Waals surface area contributed by atoms with Gasteiger partial charge in [0.15, 0.2) is 0 Å². The molecule has 1 heterocycles. The number of carbonyl (C=O) groups is 1. The Morgan fingerprint density at radius 1 is 1.48 bits per heavy atom. The van der Waals surface area contributed by atoms with Gasteiger partial charge in [0.05, 0.1) is 10.7 Å². The molecule has 1 amide bonds. The van der Waals surface area contributed by atoms with Crippen LogP contribution in [0.15, 0.2) is 29.6 Å². The van der Waals surface area contributed by atoms with E-state index in [1.165, 1.54) is 0 Å². The van der Waals surface area contributed by atoms with E-state index in [1.54, 1.807) is 23.5 Å². The van der Waals surface area contributed by atoms with Crippen LogP contribution in [-0.4, -0.2) is 22.5 Å². The zero-order valence-corrected chi connectivity index (χ0v) is 14.3. The van der Waals surface area contributed by atoms with Crippen molar-refractivity contribution in [3.8, 4) is 5.75 Å². The minimum atomic E-state index is 0.0402. The van der Waals surface area contributed by atoms with Gasteiger partial charge < -0.3 is 10.4 Å². The van der Waals surface area contributed by atoms with Crippen molar-refractivity contribution < 1.29 is 9.90 Å². The van der Waals surface area contributed by atoms with Gasteiger partial charge in [-0.3, -0.25) is 4.79 Å². The number of thiazole rings is 1. The molecular formula is C18H22N2O2S. The van der Waals surface area contributed by atoms with E-state index >= 15 is 0 Å². The minimum Gasteiger partial charge on any atom is -0.508 e. The first-order chi connectivity index (χ1) is 11.0. The number of rotatable bonds is 6. The monoisotopic (exact) mass is 330 g/mol. The van der Waals surface area contributed by atoms with E-state index in [9.17, 15) is 9.90 Å². The Bertz CT molecular complexity index is 696. The van der Waals surface area contributed by atoms with Crippen molar-refractivity contribution in [2.75, 3.05) is 6.54 Å². The maximum atomic E-state index is 12.2. The fourth-order valence-corrected chi connectivity index (χ4v) is 3.63. The van der Waals surface area contributed by atoms with E-state index < -0.39 is 0 Å². The van der Waals surface area contributed by atoms with Crippen LogP contribution in [0.25, 0.3) is 0 Å². The van der Waals surface area contributed by atoms with Crippen LogP contribution in [0, 0.1) is 5.92 Å². The molecule has 2 N–H and O–H groups in total. The largest absolute Gasteiger partial charge is 0.508 e. The number of phenols is 1. The quantitative estimate of drug-likeness (QED) is 0.853. The molecule has 1 aliphatic rings. The molecule has 2 unspecified atom stereocenters. The number of nitrogens with zero attached hydrogens (tertiary/aromatic N) is 1. The van der Waals surface area contributed by atoms with Gasteiger partial charge in [-0.2, -0.15) is 0 Å². The van der Waals surface area contributed by atoms with Crippen LogP contribution < -0.4 is 5.32 Å². The number of aromatic nitrogens is 1. The van der Waals surface area contributed by atoms with Gasteiger partial charge in [0, 0.05) is 30.2 Å². The zero-order valence-electron chi connectivity index (χ0n) is 13.5. The van der Waals surface area contributed by atoms with Gasteiger partial charge in [-0.15, -0.1) is 11.3 Å². The van der Waals surface area contributed by atoms with Crippen molar-refractivity contribution >= 4 is 17.2 Å². The number of carbonyl (C=O) groups excluding carboxylic acids is 1. The summed E-state index contributed by atoms with van der Waals surface area (Å²) in [6.07, 6.45) is 1.64. The Hall–Kier alpha value is -1.88. The smallest absolute Gasteiger partial charge is 0.223 e. The summed E-state index contributed by atoms with van der Waals surface area (Å²) < 4.78 is 0. The zero-order chi connectivity index (χ0) is 16.4. The van der Waals surface area contributed by atoms with Crippen molar-refractivity contribution in [2.24, 2.45) is 5.92 Å². The van der Waals surface area contributed by atoms with Gasteiger partial charge >= 0.3 is 0 Å². The van der Waals surface area contributed by atoms with Gasteiger partial charge in [0.25, 0.3) is 0 Å². The van der Waals surface area contributed by atoms with Crippen molar-refractivity contribution in [2.45, 2.75) is 38.5 Å². The first kappa shape index (κ1) is 16.0. The van der Waals surface area contributed by atoms with E-state index in [1.807, 2.05) is 12.1 Å². The molecular weight excluding hydrogens is 308 g/mol. The van der Waals surface area contributed by atoms with Crippen molar-refractivity contribution in [3.05, 3.63) is 45.9 Å². The second-order valence-electron chi connectivity index (χ2n) is 6.42. The van der Waals surface area contributed by atoms with Gasteiger partial charge in [0.1, 0.15) is 5.75 Å². The maximum absolute atomic E-state index is 12.2. The van der Waals surface area contributed by atoms with E-state index in [-0.39, 0.29) is 23.5 Å². The van der Waals surface area contributed by atoms with Gasteiger partial charge in [0.2, 0.25) is 5.91 Å². The Balaban J connectivity index is 1.45. The molecule has 5 heteroatoms. The molecule has 4 nitrogen and oxygen atoms in total. The average Bonchev–Trinajstić information content (AvgIpc) is 3.18. The predicted molar refractivity (Wildman–Crippen MR) is 91.9 cm³/mol. The summed E-state index contributed by atoms with van der Waals surface area (Å²) in [5.74, 6) is 1.11. The SMILES string of the molecule is CC(C)c1nc(CCNC(=O)C2CC2c2cccc(O)c2)cs1. The standard InChI is InChI=1S/C18H22N2O2S/c1-11(2)18-20-13(10-23-18)6-7-19-17(22)16-9-15(16)12-4-3-5-14(21)8-12/h3-5,8,10-11,15-16,21H,6-7,9H2,1-2H3,(H,19,22). The molecule has 1 aliphatic carbocycles. The summed E-state index contributed by atoms with van der Waals surface area (Å²) >= 11 is 1.69. The summed E-state index contributed by atoms with van der Waals surface area (Å²) in [6.45, 7) is 4.90. The number of hydrogen-bond donors (Lipinski definition) is 2. The molecule has 1 saturated carbocycles. The topological polar surface area (TPSA) is 62.2 Å². The van der Waals surface area contributed by atoms with E-state index in [0.29, 0.717) is 12.5 Å². The third kappa shape index (κ3) is 3.91. The molecule has 0 saturated heterocycles. The lowest BCUT2D eigenvalue weighted by Crippen LogP contribution is -2.27. The second kappa shape index (κ2) is 6.71. The molecule has 1 aromatic carbocycles. The summed E-state index contributed by atoms with van der Waals surface area (Å²) in [5, 5.41) is 15.8. The summed E-state index contributed by atoms with van der Waals surface area (Å²) in [7, 11) is 0. The van der Waals surface area contributed by atoms with Crippen LogP contribution in [0.3, 0.4) is 0 Å².